The summed E-state index contributed by atoms with van der Waals surface area (Å²) in [6.07, 6.45) is 1.28. The van der Waals surface area contributed by atoms with Crippen molar-refractivity contribution in [1.29, 1.82) is 0 Å². The molecule has 0 radical (unpaired) electrons. The van der Waals surface area contributed by atoms with E-state index >= 15 is 0 Å². The summed E-state index contributed by atoms with van der Waals surface area (Å²) in [4.78, 5) is 11.7. The first-order chi connectivity index (χ1) is 9.20. The Balaban J connectivity index is 2.13. The Morgan fingerprint density at radius 1 is 1.11 bits per heavy atom. The summed E-state index contributed by atoms with van der Waals surface area (Å²) in [6.45, 7) is 0. The summed E-state index contributed by atoms with van der Waals surface area (Å²) >= 11 is 0. The SMILES string of the molecule is COc1ccc(-c2cccc3c2CCC3=O)cc1F. The van der Waals surface area contributed by atoms with Crippen molar-refractivity contribution in [2.45, 2.75) is 12.8 Å². The Hall–Kier alpha value is -2.16. The molecule has 0 saturated carbocycles. The van der Waals surface area contributed by atoms with Gasteiger partial charge in [0.25, 0.3) is 0 Å². The van der Waals surface area contributed by atoms with Crippen LogP contribution in [-0.2, 0) is 6.42 Å². The summed E-state index contributed by atoms with van der Waals surface area (Å²) in [6, 6.07) is 10.5. The van der Waals surface area contributed by atoms with Crippen molar-refractivity contribution in [2.24, 2.45) is 0 Å². The number of benzene rings is 2. The molecule has 0 bridgehead atoms. The number of hydrogen-bond acceptors (Lipinski definition) is 2. The summed E-state index contributed by atoms with van der Waals surface area (Å²) in [5, 5.41) is 0. The van der Waals surface area contributed by atoms with Gasteiger partial charge in [-0.15, -0.1) is 0 Å². The van der Waals surface area contributed by atoms with E-state index in [1.165, 1.54) is 13.2 Å². The number of Topliss-reactive ketones (excluding diaryl/α,β-unsaturated/α-hetero) is 1. The number of fused-ring (bicyclic) bond motifs is 1. The highest BCUT2D eigenvalue weighted by molar-refractivity contribution is 6.02. The van der Waals surface area contributed by atoms with Crippen molar-refractivity contribution < 1.29 is 13.9 Å². The molecule has 0 unspecified atom stereocenters. The molecule has 3 heteroatoms. The second kappa shape index (κ2) is 4.50. The monoisotopic (exact) mass is 256 g/mol. The van der Waals surface area contributed by atoms with Crippen LogP contribution in [0.15, 0.2) is 36.4 Å². The number of carbonyl (C=O) groups is 1. The third-order valence-corrected chi connectivity index (χ3v) is 3.54. The molecular formula is C16H13FO2. The van der Waals surface area contributed by atoms with Crippen LogP contribution in [0.2, 0.25) is 0 Å². The van der Waals surface area contributed by atoms with Crippen molar-refractivity contribution in [3.63, 3.8) is 0 Å². The quantitative estimate of drug-likeness (QED) is 0.820. The zero-order chi connectivity index (χ0) is 13.4. The second-order valence-corrected chi connectivity index (χ2v) is 4.60. The number of carbonyl (C=O) groups excluding carboxylic acids is 1. The van der Waals surface area contributed by atoms with Crippen LogP contribution in [0.4, 0.5) is 4.39 Å². The van der Waals surface area contributed by atoms with Gasteiger partial charge in [0.15, 0.2) is 17.3 Å². The van der Waals surface area contributed by atoms with E-state index in [1.54, 1.807) is 6.07 Å². The fourth-order valence-electron chi connectivity index (χ4n) is 2.59. The highest BCUT2D eigenvalue weighted by atomic mass is 19.1. The van der Waals surface area contributed by atoms with E-state index in [4.69, 9.17) is 4.74 Å². The van der Waals surface area contributed by atoms with E-state index in [9.17, 15) is 9.18 Å². The third-order valence-electron chi connectivity index (χ3n) is 3.54. The van der Waals surface area contributed by atoms with Crippen LogP contribution >= 0.6 is 0 Å². The zero-order valence-corrected chi connectivity index (χ0v) is 10.6. The zero-order valence-electron chi connectivity index (χ0n) is 10.6. The Morgan fingerprint density at radius 3 is 2.63 bits per heavy atom. The van der Waals surface area contributed by atoms with Crippen molar-refractivity contribution in [2.75, 3.05) is 7.11 Å². The number of methoxy groups -OCH3 is 1. The Morgan fingerprint density at radius 2 is 1.89 bits per heavy atom. The normalized spacial score (nSPS) is 13.5. The average molecular weight is 256 g/mol. The molecule has 96 valence electrons. The van der Waals surface area contributed by atoms with E-state index in [0.29, 0.717) is 6.42 Å². The van der Waals surface area contributed by atoms with Crippen LogP contribution in [0.5, 0.6) is 5.75 Å². The molecule has 0 saturated heterocycles. The van der Waals surface area contributed by atoms with Gasteiger partial charge in [-0.05, 0) is 35.2 Å². The molecule has 0 aromatic heterocycles. The maximum absolute atomic E-state index is 13.8. The van der Waals surface area contributed by atoms with E-state index in [2.05, 4.69) is 0 Å². The van der Waals surface area contributed by atoms with Gasteiger partial charge in [-0.3, -0.25) is 4.79 Å². The Bertz CT molecular complexity index is 662. The first kappa shape index (κ1) is 11.9. The molecular weight excluding hydrogens is 243 g/mol. The molecule has 19 heavy (non-hydrogen) atoms. The molecule has 0 atom stereocenters. The van der Waals surface area contributed by atoms with Crippen molar-refractivity contribution in [3.8, 4) is 16.9 Å². The number of hydrogen-bond donors (Lipinski definition) is 0. The lowest BCUT2D eigenvalue weighted by atomic mass is 9.97. The number of rotatable bonds is 2. The largest absolute Gasteiger partial charge is 0.494 e. The average Bonchev–Trinajstić information content (AvgIpc) is 2.80. The molecule has 3 rings (SSSR count). The van der Waals surface area contributed by atoms with Gasteiger partial charge >= 0.3 is 0 Å². The molecule has 0 fully saturated rings. The smallest absolute Gasteiger partial charge is 0.165 e. The van der Waals surface area contributed by atoms with Gasteiger partial charge < -0.3 is 4.74 Å². The fraction of sp³-hybridized carbons (Fsp3) is 0.188. The molecule has 2 nitrogen and oxygen atoms in total. The maximum atomic E-state index is 13.8. The van der Waals surface area contributed by atoms with E-state index in [0.717, 1.165) is 28.7 Å². The minimum absolute atomic E-state index is 0.172. The van der Waals surface area contributed by atoms with Crippen LogP contribution in [0.1, 0.15) is 22.3 Å². The summed E-state index contributed by atoms with van der Waals surface area (Å²) < 4.78 is 18.7. The minimum Gasteiger partial charge on any atom is -0.494 e. The molecule has 0 heterocycles. The van der Waals surface area contributed by atoms with E-state index < -0.39 is 0 Å². The molecule has 1 aliphatic carbocycles. The molecule has 1 aliphatic rings. The van der Waals surface area contributed by atoms with Gasteiger partial charge in [0, 0.05) is 12.0 Å². The van der Waals surface area contributed by atoms with Gasteiger partial charge in [0.2, 0.25) is 0 Å². The van der Waals surface area contributed by atoms with Crippen LogP contribution in [0.3, 0.4) is 0 Å². The van der Waals surface area contributed by atoms with Crippen molar-refractivity contribution in [3.05, 3.63) is 53.3 Å². The van der Waals surface area contributed by atoms with Gasteiger partial charge in [-0.2, -0.15) is 0 Å². The topological polar surface area (TPSA) is 26.3 Å². The molecule has 0 amide bonds. The number of ketones is 1. The summed E-state index contributed by atoms with van der Waals surface area (Å²) in [7, 11) is 1.44. The van der Waals surface area contributed by atoms with Crippen LogP contribution in [0, 0.1) is 5.82 Å². The Kier molecular flexibility index (Phi) is 2.82. The highest BCUT2D eigenvalue weighted by Crippen LogP contribution is 2.33. The minimum atomic E-state index is -0.387. The summed E-state index contributed by atoms with van der Waals surface area (Å²) in [5.41, 5.74) is 3.51. The molecule has 2 aromatic carbocycles. The first-order valence-corrected chi connectivity index (χ1v) is 6.19. The fourth-order valence-corrected chi connectivity index (χ4v) is 2.59. The van der Waals surface area contributed by atoms with Gasteiger partial charge in [-0.1, -0.05) is 24.3 Å². The predicted molar refractivity (Wildman–Crippen MR) is 71.0 cm³/mol. The van der Waals surface area contributed by atoms with Crippen molar-refractivity contribution >= 4 is 5.78 Å². The van der Waals surface area contributed by atoms with Gasteiger partial charge in [-0.25, -0.2) is 4.39 Å². The lowest BCUT2D eigenvalue weighted by molar-refractivity contribution is 0.0994. The standard InChI is InChI=1S/C16H13FO2/c1-19-16-8-5-10(9-14(16)17)11-3-2-4-13-12(11)6-7-15(13)18/h2-5,8-9H,6-7H2,1H3. The third kappa shape index (κ3) is 1.91. The highest BCUT2D eigenvalue weighted by Gasteiger charge is 2.22. The Labute approximate surface area is 110 Å². The molecule has 0 spiro atoms. The van der Waals surface area contributed by atoms with Crippen LogP contribution in [-0.4, -0.2) is 12.9 Å². The van der Waals surface area contributed by atoms with Crippen molar-refractivity contribution in [1.82, 2.24) is 0 Å². The molecule has 0 aliphatic heterocycles. The molecule has 0 N–H and O–H groups in total. The lowest BCUT2D eigenvalue weighted by Gasteiger charge is -2.09. The molecule has 2 aromatic rings. The van der Waals surface area contributed by atoms with Gasteiger partial charge in [0.05, 0.1) is 7.11 Å². The maximum Gasteiger partial charge on any atom is 0.165 e. The van der Waals surface area contributed by atoms with Crippen LogP contribution < -0.4 is 4.74 Å². The lowest BCUT2D eigenvalue weighted by Crippen LogP contribution is -1.93. The number of ether oxygens (including phenoxy) is 1. The first-order valence-electron chi connectivity index (χ1n) is 6.19. The second-order valence-electron chi connectivity index (χ2n) is 4.60. The number of halogens is 1. The predicted octanol–water partition coefficient (Wildman–Crippen LogP) is 3.63. The summed E-state index contributed by atoms with van der Waals surface area (Å²) in [5.74, 6) is 0.0140. The van der Waals surface area contributed by atoms with E-state index in [1.807, 2.05) is 24.3 Å². The van der Waals surface area contributed by atoms with Crippen LogP contribution in [0.25, 0.3) is 11.1 Å². The van der Waals surface area contributed by atoms with Gasteiger partial charge in [0.1, 0.15) is 0 Å². The van der Waals surface area contributed by atoms with E-state index in [-0.39, 0.29) is 17.3 Å².